The second-order valence-corrected chi connectivity index (χ2v) is 6.17. The monoisotopic (exact) mass is 307 g/mol. The van der Waals surface area contributed by atoms with Crippen LogP contribution in [0.25, 0.3) is 0 Å². The summed E-state index contributed by atoms with van der Waals surface area (Å²) in [5, 5.41) is 9.17. The van der Waals surface area contributed by atoms with Gasteiger partial charge in [0.1, 0.15) is 5.75 Å². The molecule has 3 rings (SSSR count). The van der Waals surface area contributed by atoms with Crippen LogP contribution in [0, 0.1) is 11.8 Å². The third kappa shape index (κ3) is 3.04. The van der Waals surface area contributed by atoms with Gasteiger partial charge in [-0.2, -0.15) is 0 Å². The first-order valence-corrected chi connectivity index (χ1v) is 7.44. The van der Waals surface area contributed by atoms with Gasteiger partial charge in [-0.15, -0.1) is 0 Å². The molecule has 0 saturated heterocycles. The SMILES string of the molecule is CC1(C)CCOc2ccc(C#Cc3ccncc3C(=O)O)cc21. The number of nitrogens with zero attached hydrogens (tertiary/aromatic N) is 1. The average molecular weight is 307 g/mol. The molecule has 0 aliphatic carbocycles. The van der Waals surface area contributed by atoms with Crippen LogP contribution >= 0.6 is 0 Å². The second-order valence-electron chi connectivity index (χ2n) is 6.17. The van der Waals surface area contributed by atoms with E-state index in [2.05, 4.69) is 30.7 Å². The molecule has 2 heterocycles. The van der Waals surface area contributed by atoms with Crippen molar-refractivity contribution >= 4 is 5.97 Å². The van der Waals surface area contributed by atoms with Gasteiger partial charge in [0.05, 0.1) is 12.2 Å². The van der Waals surface area contributed by atoms with E-state index >= 15 is 0 Å². The Kier molecular flexibility index (Phi) is 3.79. The van der Waals surface area contributed by atoms with Gasteiger partial charge in [0, 0.05) is 29.1 Å². The Morgan fingerprint density at radius 3 is 2.91 bits per heavy atom. The van der Waals surface area contributed by atoms with E-state index < -0.39 is 5.97 Å². The van der Waals surface area contributed by atoms with Crippen LogP contribution in [0.5, 0.6) is 5.75 Å². The molecule has 2 aromatic rings. The summed E-state index contributed by atoms with van der Waals surface area (Å²) >= 11 is 0. The molecule has 0 radical (unpaired) electrons. The maximum Gasteiger partial charge on any atom is 0.338 e. The molecule has 0 spiro atoms. The zero-order chi connectivity index (χ0) is 16.4. The molecule has 1 N–H and O–H groups in total. The normalized spacial score (nSPS) is 14.9. The highest BCUT2D eigenvalue weighted by Crippen LogP contribution is 2.38. The predicted molar refractivity (Wildman–Crippen MR) is 86.8 cm³/mol. The largest absolute Gasteiger partial charge is 0.493 e. The quantitative estimate of drug-likeness (QED) is 0.822. The first kappa shape index (κ1) is 15.1. The lowest BCUT2D eigenvalue weighted by Crippen LogP contribution is -2.26. The molecule has 116 valence electrons. The fourth-order valence-electron chi connectivity index (χ4n) is 2.63. The average Bonchev–Trinajstić information content (AvgIpc) is 2.53. The number of carbonyl (C=O) groups is 1. The van der Waals surface area contributed by atoms with E-state index in [1.165, 1.54) is 6.20 Å². The lowest BCUT2D eigenvalue weighted by atomic mass is 9.79. The molecule has 0 bridgehead atoms. The van der Waals surface area contributed by atoms with Crippen LogP contribution < -0.4 is 4.74 Å². The van der Waals surface area contributed by atoms with Crippen LogP contribution in [-0.2, 0) is 5.41 Å². The molecule has 23 heavy (non-hydrogen) atoms. The van der Waals surface area contributed by atoms with Gasteiger partial charge in [0.2, 0.25) is 0 Å². The summed E-state index contributed by atoms with van der Waals surface area (Å²) in [6, 6.07) is 7.48. The van der Waals surface area contributed by atoms with Crippen molar-refractivity contribution in [3.8, 4) is 17.6 Å². The molecule has 4 heteroatoms. The van der Waals surface area contributed by atoms with E-state index in [0.717, 1.165) is 29.9 Å². The molecule has 0 amide bonds. The zero-order valence-electron chi connectivity index (χ0n) is 13.1. The number of carboxylic acids is 1. The molecule has 1 aromatic carbocycles. The summed E-state index contributed by atoms with van der Waals surface area (Å²) in [6.45, 7) is 5.11. The zero-order valence-corrected chi connectivity index (χ0v) is 13.1. The van der Waals surface area contributed by atoms with E-state index in [1.807, 2.05) is 18.2 Å². The van der Waals surface area contributed by atoms with E-state index in [0.29, 0.717) is 5.56 Å². The highest BCUT2D eigenvalue weighted by Gasteiger charge is 2.28. The van der Waals surface area contributed by atoms with E-state index in [4.69, 9.17) is 9.84 Å². The number of hydrogen-bond acceptors (Lipinski definition) is 3. The number of carboxylic acid groups (broad SMARTS) is 1. The van der Waals surface area contributed by atoms with Crippen molar-refractivity contribution in [3.63, 3.8) is 0 Å². The fourth-order valence-corrected chi connectivity index (χ4v) is 2.63. The molecule has 4 nitrogen and oxygen atoms in total. The first-order chi connectivity index (χ1) is 11.0. The lowest BCUT2D eigenvalue weighted by molar-refractivity contribution is 0.0696. The standard InChI is InChI=1S/C19H17NO3/c1-19(2)8-10-23-17-6-4-13(11-16(17)19)3-5-14-7-9-20-12-15(14)18(21)22/h4,6-7,9,11-12H,8,10H2,1-2H3,(H,21,22). The number of rotatable bonds is 1. The van der Waals surface area contributed by atoms with E-state index in [9.17, 15) is 4.79 Å². The number of hydrogen-bond donors (Lipinski definition) is 1. The van der Waals surface area contributed by atoms with Crippen molar-refractivity contribution in [1.29, 1.82) is 0 Å². The van der Waals surface area contributed by atoms with E-state index in [-0.39, 0.29) is 11.0 Å². The summed E-state index contributed by atoms with van der Waals surface area (Å²) in [5.74, 6) is 5.86. The molecule has 1 aliphatic rings. The second kappa shape index (κ2) is 5.77. The Bertz CT molecular complexity index is 828. The molecule has 0 saturated carbocycles. The Morgan fingerprint density at radius 1 is 1.30 bits per heavy atom. The van der Waals surface area contributed by atoms with Crippen LogP contribution in [0.2, 0.25) is 0 Å². The third-order valence-corrected chi connectivity index (χ3v) is 4.09. The number of pyridine rings is 1. The van der Waals surface area contributed by atoms with Gasteiger partial charge >= 0.3 is 5.97 Å². The van der Waals surface area contributed by atoms with Gasteiger partial charge in [-0.05, 0) is 36.1 Å². The Hall–Kier alpha value is -2.80. The number of aromatic nitrogens is 1. The number of ether oxygens (including phenoxy) is 1. The molecule has 0 fully saturated rings. The maximum absolute atomic E-state index is 11.2. The molecular formula is C19H17NO3. The summed E-state index contributed by atoms with van der Waals surface area (Å²) in [4.78, 5) is 15.0. The van der Waals surface area contributed by atoms with Gasteiger partial charge in [0.25, 0.3) is 0 Å². The molecule has 0 unspecified atom stereocenters. The van der Waals surface area contributed by atoms with Crippen LogP contribution in [-0.4, -0.2) is 22.7 Å². The van der Waals surface area contributed by atoms with Gasteiger partial charge in [0.15, 0.2) is 0 Å². The van der Waals surface area contributed by atoms with E-state index in [1.54, 1.807) is 12.3 Å². The third-order valence-electron chi connectivity index (χ3n) is 4.09. The molecule has 0 atom stereocenters. The molecular weight excluding hydrogens is 290 g/mol. The smallest absolute Gasteiger partial charge is 0.338 e. The number of benzene rings is 1. The Morgan fingerprint density at radius 2 is 2.13 bits per heavy atom. The van der Waals surface area contributed by atoms with Crippen LogP contribution in [0.15, 0.2) is 36.7 Å². The summed E-state index contributed by atoms with van der Waals surface area (Å²) in [6.07, 6.45) is 3.82. The van der Waals surface area contributed by atoms with Gasteiger partial charge in [-0.3, -0.25) is 4.98 Å². The Labute approximate surface area is 135 Å². The highest BCUT2D eigenvalue weighted by atomic mass is 16.5. The number of aromatic carboxylic acids is 1. The molecule has 1 aliphatic heterocycles. The maximum atomic E-state index is 11.2. The van der Waals surface area contributed by atoms with Crippen molar-refractivity contribution in [3.05, 3.63) is 58.9 Å². The summed E-state index contributed by atoms with van der Waals surface area (Å²) < 4.78 is 5.69. The minimum Gasteiger partial charge on any atom is -0.493 e. The van der Waals surface area contributed by atoms with Crippen molar-refractivity contribution in [2.45, 2.75) is 25.7 Å². The van der Waals surface area contributed by atoms with Crippen LogP contribution in [0.4, 0.5) is 0 Å². The highest BCUT2D eigenvalue weighted by molar-refractivity contribution is 5.90. The van der Waals surface area contributed by atoms with Gasteiger partial charge in [-0.1, -0.05) is 25.7 Å². The summed E-state index contributed by atoms with van der Waals surface area (Å²) in [5.41, 5.74) is 2.61. The summed E-state index contributed by atoms with van der Waals surface area (Å²) in [7, 11) is 0. The number of fused-ring (bicyclic) bond motifs is 1. The minimum atomic E-state index is -1.03. The van der Waals surface area contributed by atoms with Gasteiger partial charge < -0.3 is 9.84 Å². The first-order valence-electron chi connectivity index (χ1n) is 7.44. The lowest BCUT2D eigenvalue weighted by Gasteiger charge is -2.32. The van der Waals surface area contributed by atoms with Crippen molar-refractivity contribution < 1.29 is 14.6 Å². The van der Waals surface area contributed by atoms with Crippen molar-refractivity contribution in [1.82, 2.24) is 4.98 Å². The molecule has 1 aromatic heterocycles. The Balaban J connectivity index is 1.99. The van der Waals surface area contributed by atoms with Crippen LogP contribution in [0.3, 0.4) is 0 Å². The van der Waals surface area contributed by atoms with Crippen LogP contribution in [0.1, 0.15) is 47.3 Å². The van der Waals surface area contributed by atoms with Gasteiger partial charge in [-0.25, -0.2) is 4.79 Å². The van der Waals surface area contributed by atoms with Crippen molar-refractivity contribution in [2.75, 3.05) is 6.61 Å². The fraction of sp³-hybridized carbons (Fsp3) is 0.263. The topological polar surface area (TPSA) is 59.4 Å². The van der Waals surface area contributed by atoms with Crippen molar-refractivity contribution in [2.24, 2.45) is 0 Å². The predicted octanol–water partition coefficient (Wildman–Crippen LogP) is 3.24. The minimum absolute atomic E-state index is 0.0498.